The zero-order chi connectivity index (χ0) is 20.9. The fourth-order valence-corrected chi connectivity index (χ4v) is 4.12. The first kappa shape index (κ1) is 20.9. The lowest BCUT2D eigenvalue weighted by atomic mass is 9.64. The van der Waals surface area contributed by atoms with E-state index in [1.807, 2.05) is 30.3 Å². The first-order valence-electron chi connectivity index (χ1n) is 9.78. The molecule has 2 aromatic carbocycles. The van der Waals surface area contributed by atoms with E-state index in [1.165, 1.54) is 7.11 Å². The van der Waals surface area contributed by atoms with Crippen molar-refractivity contribution in [3.63, 3.8) is 0 Å². The van der Waals surface area contributed by atoms with Crippen LogP contribution in [0.15, 0.2) is 54.6 Å². The van der Waals surface area contributed by atoms with Crippen LogP contribution in [0.4, 0.5) is 0 Å². The van der Waals surface area contributed by atoms with Crippen LogP contribution >= 0.6 is 0 Å². The number of hydrogen-bond donors (Lipinski definition) is 2. The van der Waals surface area contributed by atoms with Crippen LogP contribution in [0.5, 0.6) is 5.75 Å². The van der Waals surface area contributed by atoms with E-state index in [-0.39, 0.29) is 17.3 Å². The number of methoxy groups -OCH3 is 2. The minimum atomic E-state index is -0.973. The number of hydrogen-bond acceptors (Lipinski definition) is 5. The van der Waals surface area contributed by atoms with Crippen LogP contribution in [-0.2, 0) is 14.9 Å². The SMILES string of the molecule is COc1ccccc1C(=O)NC[C@]1(c2ccccc2)CC[C@](N)(C(=O)OC)CC1. The molecule has 0 saturated heterocycles. The first-order valence-corrected chi connectivity index (χ1v) is 9.78. The molecule has 1 saturated carbocycles. The van der Waals surface area contributed by atoms with Crippen LogP contribution in [0.3, 0.4) is 0 Å². The molecule has 1 amide bonds. The van der Waals surface area contributed by atoms with Crippen LogP contribution in [0, 0.1) is 0 Å². The highest BCUT2D eigenvalue weighted by molar-refractivity contribution is 5.97. The summed E-state index contributed by atoms with van der Waals surface area (Å²) in [6.45, 7) is 0.450. The minimum Gasteiger partial charge on any atom is -0.496 e. The average Bonchev–Trinajstić information content (AvgIpc) is 2.78. The molecule has 0 bridgehead atoms. The van der Waals surface area contributed by atoms with E-state index in [0.717, 1.165) is 5.56 Å². The maximum atomic E-state index is 12.8. The Morgan fingerprint density at radius 3 is 2.21 bits per heavy atom. The summed E-state index contributed by atoms with van der Waals surface area (Å²) in [5, 5.41) is 3.08. The lowest BCUT2D eigenvalue weighted by Crippen LogP contribution is -2.55. The third kappa shape index (κ3) is 4.27. The molecule has 0 heterocycles. The van der Waals surface area contributed by atoms with Crippen molar-refractivity contribution in [3.8, 4) is 5.75 Å². The molecule has 1 aliphatic rings. The van der Waals surface area contributed by atoms with Gasteiger partial charge in [-0.1, -0.05) is 42.5 Å². The van der Waals surface area contributed by atoms with Gasteiger partial charge in [-0.2, -0.15) is 0 Å². The minimum absolute atomic E-state index is 0.185. The van der Waals surface area contributed by atoms with Gasteiger partial charge in [-0.05, 0) is 43.4 Å². The maximum absolute atomic E-state index is 12.8. The van der Waals surface area contributed by atoms with Crippen molar-refractivity contribution >= 4 is 11.9 Å². The van der Waals surface area contributed by atoms with E-state index < -0.39 is 5.54 Å². The summed E-state index contributed by atoms with van der Waals surface area (Å²) < 4.78 is 10.2. The second-order valence-corrected chi connectivity index (χ2v) is 7.68. The van der Waals surface area contributed by atoms with Gasteiger partial charge in [-0.25, -0.2) is 0 Å². The van der Waals surface area contributed by atoms with E-state index in [0.29, 0.717) is 43.5 Å². The second kappa shape index (κ2) is 8.66. The van der Waals surface area contributed by atoms with Gasteiger partial charge in [0, 0.05) is 12.0 Å². The number of carbonyl (C=O) groups excluding carboxylic acids is 2. The van der Waals surface area contributed by atoms with Crippen LogP contribution in [0.2, 0.25) is 0 Å². The fourth-order valence-electron chi connectivity index (χ4n) is 4.12. The molecule has 0 aromatic heterocycles. The molecule has 1 aliphatic carbocycles. The predicted molar refractivity (Wildman–Crippen MR) is 111 cm³/mol. The van der Waals surface area contributed by atoms with E-state index in [1.54, 1.807) is 19.2 Å². The van der Waals surface area contributed by atoms with E-state index in [9.17, 15) is 9.59 Å². The third-order valence-corrected chi connectivity index (χ3v) is 6.02. The monoisotopic (exact) mass is 396 g/mol. The van der Waals surface area contributed by atoms with Crippen molar-refractivity contribution in [1.82, 2.24) is 5.32 Å². The Morgan fingerprint density at radius 1 is 0.966 bits per heavy atom. The summed E-state index contributed by atoms with van der Waals surface area (Å²) in [6.07, 6.45) is 2.35. The van der Waals surface area contributed by atoms with E-state index >= 15 is 0 Å². The molecular weight excluding hydrogens is 368 g/mol. The highest BCUT2D eigenvalue weighted by atomic mass is 16.5. The number of carbonyl (C=O) groups is 2. The van der Waals surface area contributed by atoms with Crippen LogP contribution in [0.25, 0.3) is 0 Å². The van der Waals surface area contributed by atoms with Crippen molar-refractivity contribution in [1.29, 1.82) is 0 Å². The van der Waals surface area contributed by atoms with Crippen molar-refractivity contribution in [2.75, 3.05) is 20.8 Å². The average molecular weight is 396 g/mol. The number of ether oxygens (including phenoxy) is 2. The molecule has 0 unspecified atom stereocenters. The molecule has 3 N–H and O–H groups in total. The highest BCUT2D eigenvalue weighted by Crippen LogP contribution is 2.42. The first-order chi connectivity index (χ1) is 13.9. The van der Waals surface area contributed by atoms with Gasteiger partial charge in [-0.15, -0.1) is 0 Å². The molecule has 0 aliphatic heterocycles. The molecule has 0 radical (unpaired) electrons. The van der Waals surface area contributed by atoms with Crippen LogP contribution in [-0.4, -0.2) is 38.2 Å². The molecule has 1 fully saturated rings. The number of amides is 1. The molecule has 29 heavy (non-hydrogen) atoms. The van der Waals surface area contributed by atoms with Crippen molar-refractivity contribution in [2.24, 2.45) is 5.73 Å². The molecule has 3 rings (SSSR count). The van der Waals surface area contributed by atoms with Gasteiger partial charge in [0.1, 0.15) is 11.3 Å². The Bertz CT molecular complexity index is 858. The molecule has 154 valence electrons. The van der Waals surface area contributed by atoms with Crippen molar-refractivity contribution < 1.29 is 19.1 Å². The summed E-state index contributed by atoms with van der Waals surface area (Å²) in [7, 11) is 2.91. The maximum Gasteiger partial charge on any atom is 0.325 e. The third-order valence-electron chi connectivity index (χ3n) is 6.02. The number of benzene rings is 2. The van der Waals surface area contributed by atoms with Gasteiger partial charge in [0.15, 0.2) is 0 Å². The number of para-hydroxylation sites is 1. The fraction of sp³-hybridized carbons (Fsp3) is 0.391. The number of esters is 1. The van der Waals surface area contributed by atoms with Crippen LogP contribution < -0.4 is 15.8 Å². The smallest absolute Gasteiger partial charge is 0.325 e. The van der Waals surface area contributed by atoms with Gasteiger partial charge in [0.05, 0.1) is 19.8 Å². The molecule has 6 nitrogen and oxygen atoms in total. The van der Waals surface area contributed by atoms with Crippen molar-refractivity contribution in [2.45, 2.75) is 36.6 Å². The number of nitrogens with two attached hydrogens (primary N) is 1. The predicted octanol–water partition coefficient (Wildman–Crippen LogP) is 2.81. The van der Waals surface area contributed by atoms with Crippen LogP contribution in [0.1, 0.15) is 41.6 Å². The highest BCUT2D eigenvalue weighted by Gasteiger charge is 2.46. The Kier molecular flexibility index (Phi) is 6.23. The standard InChI is InChI=1S/C23H28N2O4/c1-28-19-11-7-6-10-18(19)20(26)25-16-22(17-8-4-3-5-9-17)12-14-23(24,15-13-22)21(27)29-2/h3-11H,12-16,24H2,1-2H3,(H,25,26)/t22-,23+. The van der Waals surface area contributed by atoms with Gasteiger partial charge < -0.3 is 20.5 Å². The zero-order valence-corrected chi connectivity index (χ0v) is 16.9. The molecular formula is C23H28N2O4. The van der Waals surface area contributed by atoms with Crippen molar-refractivity contribution in [3.05, 3.63) is 65.7 Å². The van der Waals surface area contributed by atoms with E-state index in [2.05, 4.69) is 17.4 Å². The summed E-state index contributed by atoms with van der Waals surface area (Å²) in [4.78, 5) is 25.0. The molecule has 0 atom stereocenters. The zero-order valence-electron chi connectivity index (χ0n) is 16.9. The van der Waals surface area contributed by atoms with Gasteiger partial charge in [0.25, 0.3) is 5.91 Å². The normalized spacial score (nSPS) is 23.8. The molecule has 6 heteroatoms. The number of rotatable bonds is 6. The summed E-state index contributed by atoms with van der Waals surface area (Å²) in [5.74, 6) is -0.0263. The molecule has 0 spiro atoms. The Morgan fingerprint density at radius 2 is 1.59 bits per heavy atom. The summed E-state index contributed by atoms with van der Waals surface area (Å²) in [5.41, 5.74) is 6.68. The lowest BCUT2D eigenvalue weighted by Gasteiger charge is -2.44. The summed E-state index contributed by atoms with van der Waals surface area (Å²) >= 11 is 0. The summed E-state index contributed by atoms with van der Waals surface area (Å²) in [6, 6.07) is 17.2. The van der Waals surface area contributed by atoms with Gasteiger partial charge in [0.2, 0.25) is 0 Å². The lowest BCUT2D eigenvalue weighted by molar-refractivity contribution is -0.148. The Balaban J connectivity index is 1.81. The molecule has 2 aromatic rings. The van der Waals surface area contributed by atoms with E-state index in [4.69, 9.17) is 15.2 Å². The topological polar surface area (TPSA) is 90.6 Å². The van der Waals surface area contributed by atoms with Gasteiger partial charge in [-0.3, -0.25) is 9.59 Å². The Labute approximate surface area is 171 Å². The second-order valence-electron chi connectivity index (χ2n) is 7.68. The Hall–Kier alpha value is -2.86. The number of nitrogens with one attached hydrogen (secondary N) is 1. The quantitative estimate of drug-likeness (QED) is 0.733. The largest absolute Gasteiger partial charge is 0.496 e. The van der Waals surface area contributed by atoms with Gasteiger partial charge >= 0.3 is 5.97 Å².